The van der Waals surface area contributed by atoms with Gasteiger partial charge in [-0.25, -0.2) is 14.6 Å². The summed E-state index contributed by atoms with van der Waals surface area (Å²) in [6.45, 7) is 3.36. The molecule has 5 aromatic rings. The van der Waals surface area contributed by atoms with Crippen molar-refractivity contribution in [1.82, 2.24) is 46.5 Å². The molecular formula is C54H60N10O10S. The van der Waals surface area contributed by atoms with E-state index in [4.69, 9.17) is 19.9 Å². The Bertz CT molecular complexity index is 3030. The van der Waals surface area contributed by atoms with Gasteiger partial charge in [-0.15, -0.1) is 0 Å². The highest BCUT2D eigenvalue weighted by Crippen LogP contribution is 2.56. The number of hydrogen-bond acceptors (Lipinski definition) is 15. The molecule has 5 aliphatic rings. The summed E-state index contributed by atoms with van der Waals surface area (Å²) in [4.78, 5) is 87.7. The lowest BCUT2D eigenvalue weighted by molar-refractivity contribution is -0.122. The minimum atomic E-state index is -1.11. The van der Waals surface area contributed by atoms with Gasteiger partial charge in [0.1, 0.15) is 35.2 Å². The number of thioether (sulfide) groups is 1. The number of carbonyl (C=O) groups excluding carboxylic acids is 6. The highest BCUT2D eigenvalue weighted by atomic mass is 32.2. The molecule has 1 spiro atoms. The number of unbranched alkanes of at least 4 members (excludes halogenated alkanes) is 3. The summed E-state index contributed by atoms with van der Waals surface area (Å²) in [5, 5.41) is 24.9. The Hall–Kier alpha value is -7.94. The van der Waals surface area contributed by atoms with Gasteiger partial charge < -0.3 is 56.6 Å². The van der Waals surface area contributed by atoms with E-state index in [9.17, 15) is 33.9 Å². The van der Waals surface area contributed by atoms with Gasteiger partial charge >= 0.3 is 12.0 Å². The van der Waals surface area contributed by atoms with Crippen molar-refractivity contribution in [2.75, 3.05) is 24.6 Å². The van der Waals surface area contributed by atoms with Crippen LogP contribution in [0.4, 0.5) is 10.7 Å². The molecule has 10 rings (SSSR count). The maximum atomic E-state index is 12.5. The average Bonchev–Trinajstić information content (AvgIpc) is 4.25. The van der Waals surface area contributed by atoms with Gasteiger partial charge in [-0.2, -0.15) is 21.7 Å². The van der Waals surface area contributed by atoms with Gasteiger partial charge in [0.05, 0.1) is 23.6 Å². The predicted octanol–water partition coefficient (Wildman–Crippen LogP) is 5.44. The number of H-pyrrole nitrogens is 1. The number of aromatic hydroxyl groups is 1. The van der Waals surface area contributed by atoms with Crippen molar-refractivity contribution >= 4 is 64.4 Å². The first kappa shape index (κ1) is 51.9. The number of phenolic OH excluding ortho intramolecular Hbond substituents is 1. The Morgan fingerprint density at radius 3 is 2.43 bits per heavy atom. The molecule has 6 heterocycles. The number of urea groups is 1. The molecule has 2 saturated heterocycles. The topological polar surface area (TPSA) is 291 Å². The summed E-state index contributed by atoms with van der Waals surface area (Å²) in [6, 6.07) is 20.0. The molecule has 2 fully saturated rings. The third kappa shape index (κ3) is 12.4. The van der Waals surface area contributed by atoms with Crippen LogP contribution < -0.4 is 41.8 Å². The number of amides is 5. The number of carbonyl (C=O) groups is 6. The number of nitrogens with zero attached hydrogens (tertiary/aromatic N) is 3. The molecule has 20 nitrogen and oxygen atoms in total. The number of esters is 1. The number of anilines is 1. The maximum Gasteiger partial charge on any atom is 0.339 e. The smallest absolute Gasteiger partial charge is 0.339 e. The number of imidazole rings is 1. The zero-order valence-electron chi connectivity index (χ0n) is 41.4. The van der Waals surface area contributed by atoms with Crippen LogP contribution in [0.1, 0.15) is 103 Å². The Morgan fingerprint density at radius 2 is 1.63 bits per heavy atom. The molecule has 5 atom stereocenters. The van der Waals surface area contributed by atoms with Crippen LogP contribution in [-0.2, 0) is 49.1 Å². The van der Waals surface area contributed by atoms with Gasteiger partial charge in [-0.3, -0.25) is 19.2 Å². The minimum Gasteiger partial charge on any atom is -0.508 e. The van der Waals surface area contributed by atoms with E-state index < -0.39 is 17.5 Å². The average molecular weight is 1040 g/mol. The molecule has 2 aromatic heterocycles. The molecule has 2 unspecified atom stereocenters. The number of ether oxygens (including phenoxy) is 3. The monoisotopic (exact) mass is 1040 g/mol. The first-order valence-electron chi connectivity index (χ1n) is 25.3. The van der Waals surface area contributed by atoms with Crippen LogP contribution in [0.2, 0.25) is 0 Å². The second-order valence-corrected chi connectivity index (χ2v) is 20.3. The highest BCUT2D eigenvalue weighted by Gasteiger charge is 2.57. The van der Waals surface area contributed by atoms with Crippen molar-refractivity contribution in [3.8, 4) is 17.4 Å². The number of nitrogen functional groups attached to an aromatic ring is 1. The van der Waals surface area contributed by atoms with E-state index in [1.165, 1.54) is 31.2 Å². The molecule has 21 heteroatoms. The first-order chi connectivity index (χ1) is 36.3. The Morgan fingerprint density at radius 1 is 0.867 bits per heavy atom. The van der Waals surface area contributed by atoms with Crippen LogP contribution >= 0.6 is 11.8 Å². The van der Waals surface area contributed by atoms with E-state index in [0.717, 1.165) is 61.0 Å². The molecule has 0 bridgehead atoms. The molecular weight excluding hydrogens is 981 g/mol. The van der Waals surface area contributed by atoms with Crippen LogP contribution in [0, 0.1) is 5.92 Å². The molecule has 4 aliphatic heterocycles. The number of nitrogens with two attached hydrogens (primary N) is 1. The van der Waals surface area contributed by atoms with Crippen molar-refractivity contribution in [3.63, 3.8) is 0 Å². The van der Waals surface area contributed by atoms with Crippen LogP contribution in [0.25, 0.3) is 11.2 Å². The summed E-state index contributed by atoms with van der Waals surface area (Å²) in [6.07, 6.45) is 12.1. The summed E-state index contributed by atoms with van der Waals surface area (Å²) < 4.78 is 17.7. The zero-order chi connectivity index (χ0) is 52.5. The molecule has 392 valence electrons. The summed E-state index contributed by atoms with van der Waals surface area (Å²) in [7, 11) is 0. The van der Waals surface area contributed by atoms with Crippen molar-refractivity contribution in [2.24, 2.45) is 5.92 Å². The van der Waals surface area contributed by atoms with Crippen LogP contribution in [-0.4, -0.2) is 96.7 Å². The molecule has 5 amide bonds. The van der Waals surface area contributed by atoms with Crippen LogP contribution in [0.5, 0.6) is 17.4 Å². The Balaban J connectivity index is 0.000000227. The number of rotatable bonds is 20. The van der Waals surface area contributed by atoms with Crippen LogP contribution in [0.15, 0.2) is 90.7 Å². The third-order valence-electron chi connectivity index (χ3n) is 13.6. The fraction of sp³-hybridized carbons (Fsp3) is 0.389. The van der Waals surface area contributed by atoms with E-state index >= 15 is 0 Å². The maximum absolute atomic E-state index is 12.5. The van der Waals surface area contributed by atoms with Crippen molar-refractivity contribution in [2.45, 2.75) is 107 Å². The number of fused-ring (bicyclic) bond motifs is 8. The van der Waals surface area contributed by atoms with Gasteiger partial charge in [0.2, 0.25) is 29.5 Å². The first-order valence-corrected chi connectivity index (χ1v) is 26.3. The SMILES string of the molecule is CC(=O)NCc1ccc(COc2nc(N)nc3nc(CCCNC(=O)CCCCCNC(=O)CCCC[C@H]4SC[C@H]5NC(=O)N[C@H]54)[nH]c23)cc1.O=C1C=CC2C(=C1)Oc1cc(O)ccc1C21OC(=O)c2ccccc21. The lowest BCUT2D eigenvalue weighted by atomic mass is 9.71. The van der Waals surface area contributed by atoms with Gasteiger partial charge in [0.15, 0.2) is 17.0 Å². The number of hydrogen-bond donors (Lipinski definition) is 8. The van der Waals surface area contributed by atoms with Crippen LogP contribution in [0.3, 0.4) is 0 Å². The van der Waals surface area contributed by atoms with Gasteiger partial charge in [-0.1, -0.05) is 61.4 Å². The second-order valence-electron chi connectivity index (χ2n) is 19.0. The van der Waals surface area contributed by atoms with E-state index in [-0.39, 0.29) is 59.9 Å². The fourth-order valence-corrected chi connectivity index (χ4v) is 11.4. The molecule has 1 aliphatic carbocycles. The van der Waals surface area contributed by atoms with Gasteiger partial charge in [0, 0.05) is 80.1 Å². The standard InChI is InChI=1S/C34H48N10O5S.C20H12O5/c1-21(45)38-18-22-12-14-23(15-13-22)19-49-32-30-31(43-33(35)44-32)41-26(40-30)9-7-17-37-27(46)10-3-2-6-16-36-28(47)11-5-4-8-25-29-24(20-50-25)39-34(48)42-29;21-11-5-7-15-17(9-11)24-18-10-12(22)6-8-16(18)20(15)14-4-2-1-3-13(14)19(23)25-20/h12-15,24-25,29H,2-11,16-20H2,1H3,(H,36,47)(H,37,46)(H,38,45)(H2,39,42,48)(H3,35,40,41,43,44);1-10,15,22H/t24-,25-,29-;/m1./s1. The number of aromatic amines is 1. The number of benzene rings is 3. The predicted molar refractivity (Wildman–Crippen MR) is 278 cm³/mol. The lowest BCUT2D eigenvalue weighted by Gasteiger charge is -2.42. The second kappa shape index (κ2) is 23.5. The van der Waals surface area contributed by atoms with Gasteiger partial charge in [0.25, 0.3) is 0 Å². The molecule has 75 heavy (non-hydrogen) atoms. The molecule has 0 radical (unpaired) electrons. The van der Waals surface area contributed by atoms with E-state index in [0.29, 0.717) is 96.1 Å². The van der Waals surface area contributed by atoms with Gasteiger partial charge in [-0.05, 0) is 67.5 Å². The summed E-state index contributed by atoms with van der Waals surface area (Å²) in [5.74, 6) is 1.77. The largest absolute Gasteiger partial charge is 0.508 e. The molecule has 3 aromatic carbocycles. The highest BCUT2D eigenvalue weighted by molar-refractivity contribution is 8.00. The summed E-state index contributed by atoms with van der Waals surface area (Å²) >= 11 is 1.90. The third-order valence-corrected chi connectivity index (χ3v) is 15.1. The van der Waals surface area contributed by atoms with Crippen molar-refractivity contribution in [1.29, 1.82) is 0 Å². The number of ketones is 1. The quantitative estimate of drug-likeness (QED) is 0.0274. The Labute approximate surface area is 436 Å². The molecule has 0 saturated carbocycles. The number of nitrogens with one attached hydrogen (secondary N) is 6. The Kier molecular flexibility index (Phi) is 16.3. The normalized spacial score (nSPS) is 20.5. The number of phenols is 1. The summed E-state index contributed by atoms with van der Waals surface area (Å²) in [5.41, 5.74) is 9.55. The zero-order valence-corrected chi connectivity index (χ0v) is 42.3. The fourth-order valence-electron chi connectivity index (χ4n) is 9.90. The van der Waals surface area contributed by atoms with E-state index in [1.807, 2.05) is 48.2 Å². The van der Waals surface area contributed by atoms with Crippen molar-refractivity contribution < 1.29 is 48.1 Å². The number of aromatic nitrogens is 4. The van der Waals surface area contributed by atoms with E-state index in [1.54, 1.807) is 24.3 Å². The minimum absolute atomic E-state index is 0.0100. The lowest BCUT2D eigenvalue weighted by Crippen LogP contribution is -2.42. The number of aryl methyl sites for hydroxylation is 1. The molecule has 9 N–H and O–H groups in total. The van der Waals surface area contributed by atoms with Crippen molar-refractivity contribution in [3.05, 3.63) is 124 Å². The number of allylic oxidation sites excluding steroid dienone is 2. The van der Waals surface area contributed by atoms with E-state index in [2.05, 4.69) is 46.5 Å².